The van der Waals surface area contributed by atoms with Crippen LogP contribution in [0.5, 0.6) is 0 Å². The molecular formula is C9H17N3O2. The SMILES string of the molecule is NC[C@H]1CN(C2CCCCN2)C(=O)O1. The van der Waals surface area contributed by atoms with Gasteiger partial charge in [0.15, 0.2) is 0 Å². The summed E-state index contributed by atoms with van der Waals surface area (Å²) in [5.41, 5.74) is 5.46. The fraction of sp³-hybridized carbons (Fsp3) is 0.889. The third kappa shape index (κ3) is 1.83. The first-order valence-corrected chi connectivity index (χ1v) is 5.22. The van der Waals surface area contributed by atoms with Gasteiger partial charge in [-0.15, -0.1) is 0 Å². The van der Waals surface area contributed by atoms with Crippen molar-refractivity contribution in [1.29, 1.82) is 0 Å². The summed E-state index contributed by atoms with van der Waals surface area (Å²) in [6.45, 7) is 2.03. The number of amides is 1. The van der Waals surface area contributed by atoms with Crippen LogP contribution in [0, 0.1) is 0 Å². The van der Waals surface area contributed by atoms with E-state index in [2.05, 4.69) is 5.32 Å². The average molecular weight is 199 g/mol. The molecule has 2 rings (SSSR count). The summed E-state index contributed by atoms with van der Waals surface area (Å²) in [7, 11) is 0. The van der Waals surface area contributed by atoms with Crippen molar-refractivity contribution in [2.75, 3.05) is 19.6 Å². The van der Waals surface area contributed by atoms with Gasteiger partial charge in [-0.05, 0) is 25.8 Å². The van der Waals surface area contributed by atoms with E-state index in [1.165, 1.54) is 12.8 Å². The number of nitrogens with one attached hydrogen (secondary N) is 1. The lowest BCUT2D eigenvalue weighted by atomic mass is 10.1. The molecule has 1 unspecified atom stereocenters. The molecule has 5 nitrogen and oxygen atoms in total. The first kappa shape index (κ1) is 9.73. The van der Waals surface area contributed by atoms with Gasteiger partial charge in [-0.1, -0.05) is 0 Å². The van der Waals surface area contributed by atoms with Crippen LogP contribution in [0.2, 0.25) is 0 Å². The molecule has 0 saturated carbocycles. The summed E-state index contributed by atoms with van der Waals surface area (Å²) in [5, 5.41) is 3.32. The van der Waals surface area contributed by atoms with Crippen LogP contribution in [0.4, 0.5) is 4.79 Å². The van der Waals surface area contributed by atoms with Gasteiger partial charge in [0.2, 0.25) is 0 Å². The molecule has 2 heterocycles. The Labute approximate surface area is 83.6 Å². The standard InChI is InChI=1S/C9H17N3O2/c10-5-7-6-12(9(13)14-7)8-3-1-2-4-11-8/h7-8,11H,1-6,10H2/t7-,8?/m0/s1. The molecule has 0 aromatic rings. The second-order valence-corrected chi connectivity index (χ2v) is 3.86. The molecule has 2 aliphatic rings. The van der Waals surface area contributed by atoms with Crippen molar-refractivity contribution in [3.05, 3.63) is 0 Å². The van der Waals surface area contributed by atoms with Crippen LogP contribution >= 0.6 is 0 Å². The molecule has 0 radical (unpaired) electrons. The number of carbonyl (C=O) groups is 1. The van der Waals surface area contributed by atoms with E-state index >= 15 is 0 Å². The first-order chi connectivity index (χ1) is 6.81. The Morgan fingerprint density at radius 1 is 1.57 bits per heavy atom. The fourth-order valence-corrected chi connectivity index (χ4v) is 2.02. The number of carbonyl (C=O) groups excluding carboxylic acids is 1. The molecule has 3 N–H and O–H groups in total. The quantitative estimate of drug-likeness (QED) is 0.650. The van der Waals surface area contributed by atoms with Crippen LogP contribution in [0.1, 0.15) is 19.3 Å². The number of nitrogens with two attached hydrogens (primary N) is 1. The minimum Gasteiger partial charge on any atom is -0.443 e. The van der Waals surface area contributed by atoms with Crippen LogP contribution in [-0.4, -0.2) is 42.9 Å². The summed E-state index contributed by atoms with van der Waals surface area (Å²) in [5.74, 6) is 0. The van der Waals surface area contributed by atoms with Crippen molar-refractivity contribution in [2.24, 2.45) is 5.73 Å². The molecule has 2 atom stereocenters. The molecule has 5 heteroatoms. The Kier molecular flexibility index (Phi) is 2.88. The van der Waals surface area contributed by atoms with Crippen LogP contribution in [-0.2, 0) is 4.74 Å². The molecule has 0 aliphatic carbocycles. The van der Waals surface area contributed by atoms with Crippen molar-refractivity contribution >= 4 is 6.09 Å². The highest BCUT2D eigenvalue weighted by Crippen LogP contribution is 2.18. The van der Waals surface area contributed by atoms with E-state index in [0.29, 0.717) is 13.1 Å². The normalized spacial score (nSPS) is 33.2. The predicted octanol–water partition coefficient (Wildman–Crippen LogP) is -0.135. The summed E-state index contributed by atoms with van der Waals surface area (Å²) in [6.07, 6.45) is 3.21. The second kappa shape index (κ2) is 4.14. The van der Waals surface area contributed by atoms with Crippen molar-refractivity contribution in [1.82, 2.24) is 10.2 Å². The van der Waals surface area contributed by atoms with Gasteiger partial charge in [-0.25, -0.2) is 4.79 Å². The van der Waals surface area contributed by atoms with Gasteiger partial charge in [-0.3, -0.25) is 10.2 Å². The van der Waals surface area contributed by atoms with Crippen LogP contribution in [0.15, 0.2) is 0 Å². The van der Waals surface area contributed by atoms with Gasteiger partial charge in [-0.2, -0.15) is 0 Å². The van der Waals surface area contributed by atoms with Gasteiger partial charge >= 0.3 is 6.09 Å². The highest BCUT2D eigenvalue weighted by atomic mass is 16.6. The topological polar surface area (TPSA) is 67.6 Å². The molecule has 2 saturated heterocycles. The maximum atomic E-state index is 11.5. The van der Waals surface area contributed by atoms with Crippen LogP contribution in [0.25, 0.3) is 0 Å². The van der Waals surface area contributed by atoms with E-state index in [9.17, 15) is 4.79 Å². The van der Waals surface area contributed by atoms with E-state index < -0.39 is 0 Å². The highest BCUT2D eigenvalue weighted by Gasteiger charge is 2.35. The molecule has 2 aliphatic heterocycles. The smallest absolute Gasteiger partial charge is 0.411 e. The van der Waals surface area contributed by atoms with E-state index in [4.69, 9.17) is 10.5 Å². The first-order valence-electron chi connectivity index (χ1n) is 5.22. The van der Waals surface area contributed by atoms with Gasteiger partial charge < -0.3 is 10.5 Å². The summed E-state index contributed by atoms with van der Waals surface area (Å²) < 4.78 is 5.10. The monoisotopic (exact) mass is 199 g/mol. The zero-order chi connectivity index (χ0) is 9.97. The number of nitrogens with zero attached hydrogens (tertiary/aromatic N) is 1. The van der Waals surface area contributed by atoms with Crippen molar-refractivity contribution in [2.45, 2.75) is 31.5 Å². The maximum absolute atomic E-state index is 11.5. The zero-order valence-electron chi connectivity index (χ0n) is 8.24. The number of cyclic esters (lactones) is 1. The van der Waals surface area contributed by atoms with Crippen molar-refractivity contribution in [3.8, 4) is 0 Å². The lowest BCUT2D eigenvalue weighted by Gasteiger charge is -2.30. The van der Waals surface area contributed by atoms with E-state index in [1.54, 1.807) is 4.90 Å². The van der Waals surface area contributed by atoms with Crippen molar-refractivity contribution in [3.63, 3.8) is 0 Å². The Bertz CT molecular complexity index is 216. The summed E-state index contributed by atoms with van der Waals surface area (Å²) in [4.78, 5) is 13.2. The van der Waals surface area contributed by atoms with Gasteiger partial charge in [0.25, 0.3) is 0 Å². The van der Waals surface area contributed by atoms with E-state index in [1.807, 2.05) is 0 Å². The Hall–Kier alpha value is -0.810. The second-order valence-electron chi connectivity index (χ2n) is 3.86. The highest BCUT2D eigenvalue weighted by molar-refractivity contribution is 5.70. The molecule has 80 valence electrons. The zero-order valence-corrected chi connectivity index (χ0v) is 8.24. The average Bonchev–Trinajstić information content (AvgIpc) is 2.61. The minimum atomic E-state index is -0.222. The van der Waals surface area contributed by atoms with Gasteiger partial charge in [0.1, 0.15) is 6.10 Å². The summed E-state index contributed by atoms with van der Waals surface area (Å²) in [6, 6.07) is 0. The molecule has 0 bridgehead atoms. The minimum absolute atomic E-state index is 0.119. The largest absolute Gasteiger partial charge is 0.443 e. The summed E-state index contributed by atoms with van der Waals surface area (Å²) >= 11 is 0. The number of hydrogen-bond donors (Lipinski definition) is 2. The van der Waals surface area contributed by atoms with Crippen molar-refractivity contribution < 1.29 is 9.53 Å². The number of piperidine rings is 1. The van der Waals surface area contributed by atoms with Gasteiger partial charge in [0.05, 0.1) is 12.7 Å². The number of ether oxygens (including phenoxy) is 1. The molecule has 14 heavy (non-hydrogen) atoms. The molecule has 0 spiro atoms. The number of hydrogen-bond acceptors (Lipinski definition) is 4. The Balaban J connectivity index is 1.93. The van der Waals surface area contributed by atoms with Gasteiger partial charge in [0, 0.05) is 6.54 Å². The molecule has 1 amide bonds. The lowest BCUT2D eigenvalue weighted by Crippen LogP contribution is -2.49. The van der Waals surface area contributed by atoms with Crippen LogP contribution < -0.4 is 11.1 Å². The molecule has 0 aromatic heterocycles. The molecular weight excluding hydrogens is 182 g/mol. The number of rotatable bonds is 2. The lowest BCUT2D eigenvalue weighted by molar-refractivity contribution is 0.122. The third-order valence-electron chi connectivity index (χ3n) is 2.83. The fourth-order valence-electron chi connectivity index (χ4n) is 2.02. The predicted molar refractivity (Wildman–Crippen MR) is 51.7 cm³/mol. The molecule has 0 aromatic carbocycles. The Morgan fingerprint density at radius 2 is 2.43 bits per heavy atom. The maximum Gasteiger partial charge on any atom is 0.411 e. The molecule has 2 fully saturated rings. The van der Waals surface area contributed by atoms with E-state index in [-0.39, 0.29) is 18.4 Å². The third-order valence-corrected chi connectivity index (χ3v) is 2.83. The Morgan fingerprint density at radius 3 is 3.00 bits per heavy atom. The van der Waals surface area contributed by atoms with E-state index in [0.717, 1.165) is 13.0 Å². The van der Waals surface area contributed by atoms with Crippen LogP contribution in [0.3, 0.4) is 0 Å².